The third kappa shape index (κ3) is 2.59. The highest BCUT2D eigenvalue weighted by Crippen LogP contribution is 2.29. The predicted molar refractivity (Wildman–Crippen MR) is 104 cm³/mol. The molecule has 3 aromatic heterocycles. The number of nitrogens with zero attached hydrogens (tertiary/aromatic N) is 4. The summed E-state index contributed by atoms with van der Waals surface area (Å²) in [7, 11) is 0. The molecule has 0 atom stereocenters. The van der Waals surface area contributed by atoms with Crippen molar-refractivity contribution >= 4 is 22.1 Å². The lowest BCUT2D eigenvalue weighted by atomic mass is 10.0. The predicted octanol–water partition coefficient (Wildman–Crippen LogP) is 4.06. The fourth-order valence-electron chi connectivity index (χ4n) is 4.32. The standard InChI is InChI=1S/C21H23N5/c1-15-24-20-7-4-10-22-21(20)26(15)17-8-11-25(12-9-17)14-16-13-23-19-6-3-2-5-18(16)19/h2-7,10,13,17,23H,8-9,11-12,14H2,1H3. The van der Waals surface area contributed by atoms with Crippen LogP contribution in [0.25, 0.3) is 22.1 Å². The van der Waals surface area contributed by atoms with Crippen LogP contribution in [0, 0.1) is 6.92 Å². The molecular formula is C21H23N5. The Balaban J connectivity index is 1.32. The van der Waals surface area contributed by atoms with Gasteiger partial charge in [-0.1, -0.05) is 18.2 Å². The summed E-state index contributed by atoms with van der Waals surface area (Å²) in [6.07, 6.45) is 6.32. The molecule has 5 heteroatoms. The topological polar surface area (TPSA) is 49.7 Å². The molecule has 26 heavy (non-hydrogen) atoms. The maximum absolute atomic E-state index is 4.69. The second-order valence-corrected chi connectivity index (χ2v) is 7.24. The lowest BCUT2D eigenvalue weighted by molar-refractivity contribution is 0.180. The normalized spacial score (nSPS) is 16.7. The van der Waals surface area contributed by atoms with Crippen LogP contribution in [-0.4, -0.2) is 37.5 Å². The maximum Gasteiger partial charge on any atom is 0.160 e. The summed E-state index contributed by atoms with van der Waals surface area (Å²) >= 11 is 0. The lowest BCUT2D eigenvalue weighted by Crippen LogP contribution is -2.34. The number of H-pyrrole nitrogens is 1. The largest absolute Gasteiger partial charge is 0.361 e. The molecule has 1 aliphatic rings. The minimum atomic E-state index is 0.495. The van der Waals surface area contributed by atoms with Crippen molar-refractivity contribution in [1.82, 2.24) is 24.4 Å². The van der Waals surface area contributed by atoms with Gasteiger partial charge in [-0.05, 0) is 43.5 Å². The van der Waals surface area contributed by atoms with Crippen molar-refractivity contribution in [1.29, 1.82) is 0 Å². The van der Waals surface area contributed by atoms with Crippen molar-refractivity contribution < 1.29 is 0 Å². The van der Waals surface area contributed by atoms with Crippen LogP contribution in [0.1, 0.15) is 30.3 Å². The number of hydrogen-bond acceptors (Lipinski definition) is 3. The van der Waals surface area contributed by atoms with Crippen molar-refractivity contribution in [3.63, 3.8) is 0 Å². The summed E-state index contributed by atoms with van der Waals surface area (Å²) in [5.74, 6) is 1.08. The summed E-state index contributed by atoms with van der Waals surface area (Å²) in [6, 6.07) is 13.1. The molecule has 0 aliphatic carbocycles. The van der Waals surface area contributed by atoms with Crippen molar-refractivity contribution in [2.75, 3.05) is 13.1 Å². The number of para-hydroxylation sites is 1. The van der Waals surface area contributed by atoms with Crippen LogP contribution in [0.15, 0.2) is 48.8 Å². The van der Waals surface area contributed by atoms with Gasteiger partial charge in [0.05, 0.1) is 0 Å². The number of aromatic nitrogens is 4. The zero-order valence-corrected chi connectivity index (χ0v) is 15.0. The highest BCUT2D eigenvalue weighted by Gasteiger charge is 2.24. The van der Waals surface area contributed by atoms with E-state index in [0.717, 1.165) is 49.5 Å². The number of hydrogen-bond donors (Lipinski definition) is 1. The Bertz CT molecular complexity index is 1050. The first-order chi connectivity index (χ1) is 12.8. The molecule has 1 fully saturated rings. The third-order valence-electron chi connectivity index (χ3n) is 5.62. The average molecular weight is 345 g/mol. The van der Waals surface area contributed by atoms with E-state index in [9.17, 15) is 0 Å². The van der Waals surface area contributed by atoms with Crippen LogP contribution in [0.3, 0.4) is 0 Å². The molecular weight excluding hydrogens is 322 g/mol. The van der Waals surface area contributed by atoms with Gasteiger partial charge in [0.25, 0.3) is 0 Å². The van der Waals surface area contributed by atoms with E-state index in [2.05, 4.69) is 67.9 Å². The van der Waals surface area contributed by atoms with E-state index in [4.69, 9.17) is 0 Å². The summed E-state index contributed by atoms with van der Waals surface area (Å²) in [6.45, 7) is 5.32. The van der Waals surface area contributed by atoms with E-state index >= 15 is 0 Å². The Hall–Kier alpha value is -2.66. The van der Waals surface area contributed by atoms with Gasteiger partial charge < -0.3 is 9.55 Å². The molecule has 4 heterocycles. The minimum absolute atomic E-state index is 0.495. The first-order valence-electron chi connectivity index (χ1n) is 9.36. The molecule has 5 nitrogen and oxygen atoms in total. The molecule has 0 spiro atoms. The van der Waals surface area contributed by atoms with Crippen molar-refractivity contribution in [3.05, 3.63) is 60.2 Å². The zero-order chi connectivity index (χ0) is 17.5. The number of aromatic amines is 1. The number of fused-ring (bicyclic) bond motifs is 2. The van der Waals surface area contributed by atoms with Crippen molar-refractivity contribution in [2.24, 2.45) is 0 Å². The van der Waals surface area contributed by atoms with Crippen LogP contribution >= 0.6 is 0 Å². The fraction of sp³-hybridized carbons (Fsp3) is 0.333. The number of aryl methyl sites for hydroxylation is 1. The smallest absolute Gasteiger partial charge is 0.160 e. The number of rotatable bonds is 3. The summed E-state index contributed by atoms with van der Waals surface area (Å²) in [5.41, 5.74) is 4.65. The van der Waals surface area contributed by atoms with Crippen LogP contribution in [0.4, 0.5) is 0 Å². The molecule has 0 saturated carbocycles. The molecule has 1 aromatic carbocycles. The number of piperidine rings is 1. The molecule has 4 aromatic rings. The van der Waals surface area contributed by atoms with E-state index in [1.54, 1.807) is 0 Å². The van der Waals surface area contributed by atoms with Gasteiger partial charge >= 0.3 is 0 Å². The maximum atomic E-state index is 4.69. The molecule has 0 unspecified atom stereocenters. The monoisotopic (exact) mass is 345 g/mol. The molecule has 5 rings (SSSR count). The molecule has 0 amide bonds. The quantitative estimate of drug-likeness (QED) is 0.609. The Morgan fingerprint density at radius 2 is 1.96 bits per heavy atom. The van der Waals surface area contributed by atoms with Crippen LogP contribution in [-0.2, 0) is 6.54 Å². The van der Waals surface area contributed by atoms with Gasteiger partial charge in [0.1, 0.15) is 11.3 Å². The van der Waals surface area contributed by atoms with Crippen LogP contribution in [0.2, 0.25) is 0 Å². The van der Waals surface area contributed by atoms with Gasteiger partial charge in [-0.25, -0.2) is 9.97 Å². The summed E-state index contributed by atoms with van der Waals surface area (Å²) < 4.78 is 2.35. The average Bonchev–Trinajstić information content (AvgIpc) is 3.23. The number of benzene rings is 1. The third-order valence-corrected chi connectivity index (χ3v) is 5.62. The SMILES string of the molecule is Cc1nc2cccnc2n1C1CCN(Cc2c[nH]c3ccccc23)CC1. The highest BCUT2D eigenvalue weighted by atomic mass is 15.2. The highest BCUT2D eigenvalue weighted by molar-refractivity contribution is 5.83. The molecule has 1 N–H and O–H groups in total. The van der Waals surface area contributed by atoms with Gasteiger partial charge in [0.15, 0.2) is 5.65 Å². The number of imidazole rings is 1. The number of likely N-dealkylation sites (tertiary alicyclic amines) is 1. The van der Waals surface area contributed by atoms with E-state index in [1.165, 1.54) is 16.5 Å². The molecule has 0 radical (unpaired) electrons. The van der Waals surface area contributed by atoms with Gasteiger partial charge in [0, 0.05) is 49.0 Å². The number of nitrogens with one attached hydrogen (secondary N) is 1. The van der Waals surface area contributed by atoms with E-state index in [0.29, 0.717) is 6.04 Å². The molecule has 132 valence electrons. The van der Waals surface area contributed by atoms with Gasteiger partial charge in [-0.2, -0.15) is 0 Å². The Morgan fingerprint density at radius 1 is 1.12 bits per heavy atom. The second kappa shape index (κ2) is 6.25. The minimum Gasteiger partial charge on any atom is -0.361 e. The molecule has 1 saturated heterocycles. The lowest BCUT2D eigenvalue weighted by Gasteiger charge is -2.33. The van der Waals surface area contributed by atoms with E-state index in [-0.39, 0.29) is 0 Å². The van der Waals surface area contributed by atoms with Gasteiger partial charge in [-0.15, -0.1) is 0 Å². The fourth-order valence-corrected chi connectivity index (χ4v) is 4.32. The van der Waals surface area contributed by atoms with Gasteiger partial charge in [0.2, 0.25) is 0 Å². The van der Waals surface area contributed by atoms with Crippen molar-refractivity contribution in [2.45, 2.75) is 32.4 Å². The van der Waals surface area contributed by atoms with Gasteiger partial charge in [-0.3, -0.25) is 4.90 Å². The van der Waals surface area contributed by atoms with Crippen LogP contribution in [0.5, 0.6) is 0 Å². The van der Waals surface area contributed by atoms with Crippen molar-refractivity contribution in [3.8, 4) is 0 Å². The first kappa shape index (κ1) is 15.6. The first-order valence-corrected chi connectivity index (χ1v) is 9.36. The van der Waals surface area contributed by atoms with E-state index in [1.807, 2.05) is 12.3 Å². The summed E-state index contributed by atoms with van der Waals surface area (Å²) in [5, 5.41) is 1.34. The number of pyridine rings is 1. The molecule has 1 aliphatic heterocycles. The van der Waals surface area contributed by atoms with E-state index < -0.39 is 0 Å². The Labute approximate surface area is 152 Å². The molecule has 0 bridgehead atoms. The second-order valence-electron chi connectivity index (χ2n) is 7.24. The summed E-state index contributed by atoms with van der Waals surface area (Å²) in [4.78, 5) is 15.2. The Kier molecular flexibility index (Phi) is 3.75. The zero-order valence-electron chi connectivity index (χ0n) is 15.0. The van der Waals surface area contributed by atoms with Crippen LogP contribution < -0.4 is 0 Å². The Morgan fingerprint density at radius 3 is 2.85 bits per heavy atom.